The van der Waals surface area contributed by atoms with Gasteiger partial charge in [0.25, 0.3) is 0 Å². The number of aromatic hydroxyl groups is 1. The van der Waals surface area contributed by atoms with Gasteiger partial charge in [0.05, 0.1) is 5.71 Å². The lowest BCUT2D eigenvalue weighted by Crippen LogP contribution is -2.43. The molecule has 0 radical (unpaired) electrons. The molecule has 2 fully saturated rings. The molecule has 2 saturated heterocycles. The van der Waals surface area contributed by atoms with Crippen LogP contribution in [0.25, 0.3) is 5.00 Å². The molecule has 9 heteroatoms. The van der Waals surface area contributed by atoms with Crippen LogP contribution in [0.3, 0.4) is 0 Å². The Morgan fingerprint density at radius 2 is 1.53 bits per heavy atom. The maximum absolute atomic E-state index is 10.3. The van der Waals surface area contributed by atoms with Gasteiger partial charge in [0.15, 0.2) is 5.82 Å². The summed E-state index contributed by atoms with van der Waals surface area (Å²) in [4.78, 5) is 11.8. The van der Waals surface area contributed by atoms with Crippen molar-refractivity contribution in [3.63, 3.8) is 0 Å². The lowest BCUT2D eigenvalue weighted by atomic mass is 9.69. The Morgan fingerprint density at radius 3 is 2.28 bits per heavy atom. The van der Waals surface area contributed by atoms with Crippen LogP contribution in [-0.2, 0) is 6.42 Å². The molecule has 3 aliphatic heterocycles. The van der Waals surface area contributed by atoms with Crippen LogP contribution >= 0.6 is 11.3 Å². The predicted octanol–water partition coefficient (Wildman–Crippen LogP) is 10.5. The zero-order valence-electron chi connectivity index (χ0n) is 35.3. The van der Waals surface area contributed by atoms with E-state index >= 15 is 0 Å². The summed E-state index contributed by atoms with van der Waals surface area (Å²) in [6, 6.07) is 35.0. The summed E-state index contributed by atoms with van der Waals surface area (Å²) in [5.74, 6) is 4.53. The Balaban J connectivity index is 0.724. The highest BCUT2D eigenvalue weighted by Crippen LogP contribution is 2.47. The number of piperidine rings is 2. The third-order valence-corrected chi connectivity index (χ3v) is 15.1. The third-order valence-electron chi connectivity index (χ3n) is 13.9. The predicted molar refractivity (Wildman–Crippen MR) is 243 cm³/mol. The van der Waals surface area contributed by atoms with Crippen molar-refractivity contribution in [1.29, 1.82) is 0 Å². The van der Waals surface area contributed by atoms with Crippen molar-refractivity contribution in [3.8, 4) is 16.5 Å². The number of hydrogen-bond donors (Lipinski definition) is 1. The van der Waals surface area contributed by atoms with Crippen LogP contribution in [0.4, 0.5) is 5.69 Å². The average molecular weight is 817 g/mol. The number of phenols is 1. The number of phenolic OH excluding ortho intramolecular Hbond substituents is 1. The van der Waals surface area contributed by atoms with Crippen molar-refractivity contribution in [2.75, 3.05) is 37.6 Å². The molecule has 5 heterocycles. The molecule has 60 heavy (non-hydrogen) atoms. The highest BCUT2D eigenvalue weighted by molar-refractivity contribution is 7.15. The normalized spacial score (nSPS) is 21.2. The van der Waals surface area contributed by atoms with Gasteiger partial charge in [-0.1, -0.05) is 48.5 Å². The Morgan fingerprint density at radius 1 is 0.783 bits per heavy atom. The first kappa shape index (κ1) is 38.9. The molecular weight excluding hydrogens is 761 g/mol. The fourth-order valence-electron chi connectivity index (χ4n) is 10.5. The first-order valence-electron chi connectivity index (χ1n) is 22.1. The van der Waals surface area contributed by atoms with Gasteiger partial charge in [-0.2, -0.15) is 0 Å². The van der Waals surface area contributed by atoms with Gasteiger partial charge in [-0.25, -0.2) is 0 Å². The number of hydrogen-bond acceptors (Lipinski definition) is 8. The standard InChI is InChI=1S/C51H56N6O2S/c1-32-34(3)60-51-47(32)49(52-33(2)50-54-53-35(4)57(50)51)39-12-18-43(19-13-39)59-44-24-26-55(27-25-44)31-36-22-28-56(29-23-36)41-15-10-38(11-16-41)48-45(37-8-6-5-7-9-37)20-14-40-30-42(58)17-21-46(40)48/h5-13,15-19,21,30,33,36,44-45,48,58H,14,20,22-29,31H2,1-4H3/t33-,45+,48-/m0/s1. The number of aliphatic imine (C=N–C) groups is 1. The molecule has 1 aliphatic carbocycles. The number of fused-ring (bicyclic) bond motifs is 4. The molecule has 0 spiro atoms. The number of benzene rings is 4. The average Bonchev–Trinajstić information content (AvgIpc) is 3.77. The Kier molecular flexibility index (Phi) is 10.6. The molecular formula is C51H56N6O2S. The van der Waals surface area contributed by atoms with E-state index in [2.05, 4.69) is 130 Å². The van der Waals surface area contributed by atoms with Gasteiger partial charge < -0.3 is 19.6 Å². The van der Waals surface area contributed by atoms with E-state index in [-0.39, 0.29) is 18.1 Å². The minimum absolute atomic E-state index is 0.0927. The number of ether oxygens (including phenoxy) is 1. The first-order valence-corrected chi connectivity index (χ1v) is 22.9. The lowest BCUT2D eigenvalue weighted by molar-refractivity contribution is 0.0881. The lowest BCUT2D eigenvalue weighted by Gasteiger charge is -2.38. The summed E-state index contributed by atoms with van der Waals surface area (Å²) >= 11 is 1.80. The molecule has 4 aromatic carbocycles. The summed E-state index contributed by atoms with van der Waals surface area (Å²) in [6.07, 6.45) is 6.90. The summed E-state index contributed by atoms with van der Waals surface area (Å²) in [7, 11) is 0. The minimum Gasteiger partial charge on any atom is -0.508 e. The van der Waals surface area contributed by atoms with Gasteiger partial charge in [-0.15, -0.1) is 21.5 Å². The van der Waals surface area contributed by atoms with E-state index in [1.807, 2.05) is 19.1 Å². The highest BCUT2D eigenvalue weighted by atomic mass is 32.1. The second-order valence-corrected chi connectivity index (χ2v) is 18.8. The van der Waals surface area contributed by atoms with Crippen molar-refractivity contribution in [1.82, 2.24) is 19.7 Å². The Bertz CT molecular complexity index is 2490. The maximum atomic E-state index is 10.3. The quantitative estimate of drug-likeness (QED) is 0.165. The van der Waals surface area contributed by atoms with E-state index in [9.17, 15) is 5.11 Å². The number of anilines is 1. The van der Waals surface area contributed by atoms with E-state index in [0.717, 1.165) is 91.5 Å². The third kappa shape index (κ3) is 7.44. The summed E-state index contributed by atoms with van der Waals surface area (Å²) in [5, 5.41) is 20.3. The minimum atomic E-state index is -0.0927. The molecule has 0 bridgehead atoms. The van der Waals surface area contributed by atoms with Crippen LogP contribution in [0.1, 0.15) is 112 Å². The molecule has 0 amide bonds. The number of thiophene rings is 1. The molecule has 3 atom stereocenters. The molecule has 0 saturated carbocycles. The van der Waals surface area contributed by atoms with E-state index in [1.165, 1.54) is 63.3 Å². The van der Waals surface area contributed by atoms with Crippen molar-refractivity contribution < 1.29 is 9.84 Å². The van der Waals surface area contributed by atoms with Crippen LogP contribution in [0, 0.1) is 26.7 Å². The van der Waals surface area contributed by atoms with Gasteiger partial charge in [-0.3, -0.25) is 9.56 Å². The molecule has 8 nitrogen and oxygen atoms in total. The monoisotopic (exact) mass is 816 g/mol. The summed E-state index contributed by atoms with van der Waals surface area (Å²) in [5.41, 5.74) is 11.3. The molecule has 308 valence electrons. The zero-order valence-corrected chi connectivity index (χ0v) is 36.2. The molecule has 6 aromatic rings. The van der Waals surface area contributed by atoms with Crippen molar-refractivity contribution in [2.24, 2.45) is 10.9 Å². The second-order valence-electron chi connectivity index (χ2n) is 17.6. The molecule has 10 rings (SSSR count). The molecule has 0 unspecified atom stereocenters. The highest BCUT2D eigenvalue weighted by Gasteiger charge is 2.33. The van der Waals surface area contributed by atoms with Crippen LogP contribution in [0.5, 0.6) is 11.5 Å². The van der Waals surface area contributed by atoms with Crippen molar-refractivity contribution in [2.45, 2.75) is 90.2 Å². The van der Waals surface area contributed by atoms with E-state index in [4.69, 9.17) is 9.73 Å². The molecule has 1 N–H and O–H groups in total. The van der Waals surface area contributed by atoms with E-state index < -0.39 is 0 Å². The smallest absolute Gasteiger partial charge is 0.162 e. The SMILES string of the molecule is Cc1sc2c(c1C)C(c1ccc(OC3CCN(CC4CCN(c5ccc([C@@H]6c7ccc(O)cc7CC[C@@H]6c6ccccc6)cc5)CC4)CC3)cc1)=N[C@@H](C)c1nnc(C)n1-2. The van der Waals surface area contributed by atoms with Crippen molar-refractivity contribution >= 4 is 22.7 Å². The fraction of sp³-hybridized carbons (Fsp3) is 0.392. The van der Waals surface area contributed by atoms with E-state index in [0.29, 0.717) is 11.7 Å². The van der Waals surface area contributed by atoms with Gasteiger partial charge >= 0.3 is 0 Å². The summed E-state index contributed by atoms with van der Waals surface area (Å²) in [6.45, 7) is 14.1. The number of nitrogens with zero attached hydrogens (tertiary/aromatic N) is 6. The topological polar surface area (TPSA) is 79.0 Å². The van der Waals surface area contributed by atoms with Gasteiger partial charge in [0.1, 0.15) is 34.5 Å². The molecule has 2 aromatic heterocycles. The maximum Gasteiger partial charge on any atom is 0.162 e. The van der Waals surface area contributed by atoms with Gasteiger partial charge in [-0.05, 0) is 154 Å². The number of aromatic nitrogens is 3. The van der Waals surface area contributed by atoms with Crippen molar-refractivity contribution in [3.05, 3.63) is 153 Å². The number of aryl methyl sites for hydroxylation is 3. The zero-order chi connectivity index (χ0) is 40.9. The van der Waals surface area contributed by atoms with Crippen LogP contribution in [0.15, 0.2) is 102 Å². The Labute approximate surface area is 358 Å². The van der Waals surface area contributed by atoms with E-state index in [1.54, 1.807) is 11.3 Å². The van der Waals surface area contributed by atoms with Crippen LogP contribution < -0.4 is 9.64 Å². The Hall–Kier alpha value is -5.25. The largest absolute Gasteiger partial charge is 0.508 e. The van der Waals surface area contributed by atoms with Crippen LogP contribution in [-0.4, -0.2) is 69.3 Å². The van der Waals surface area contributed by atoms with Gasteiger partial charge in [0, 0.05) is 60.3 Å². The number of rotatable bonds is 8. The van der Waals surface area contributed by atoms with Crippen LogP contribution in [0.2, 0.25) is 0 Å². The fourth-order valence-corrected chi connectivity index (χ4v) is 11.7. The first-order chi connectivity index (χ1) is 29.3. The second kappa shape index (κ2) is 16.3. The van der Waals surface area contributed by atoms with Gasteiger partial charge in [0.2, 0.25) is 0 Å². The summed E-state index contributed by atoms with van der Waals surface area (Å²) < 4.78 is 8.78. The molecule has 4 aliphatic rings. The number of likely N-dealkylation sites (tertiary alicyclic amines) is 1.